The zero-order chi connectivity index (χ0) is 27.0. The summed E-state index contributed by atoms with van der Waals surface area (Å²) in [5.74, 6) is 0.360. The number of rotatable bonds is 12. The Hall–Kier alpha value is -2.66. The first-order valence-corrected chi connectivity index (χ1v) is 14.1. The number of carbonyl (C=O) groups excluding carboxylic acids is 1. The molecule has 204 valence electrons. The van der Waals surface area contributed by atoms with Crippen LogP contribution in [0.25, 0.3) is 0 Å². The molecule has 2 N–H and O–H groups in total. The molecule has 0 aromatic heterocycles. The number of aryl methyl sites for hydroxylation is 2. The van der Waals surface area contributed by atoms with Crippen molar-refractivity contribution >= 4 is 21.6 Å². The molecule has 0 bridgehead atoms. The molecule has 0 unspecified atom stereocenters. The lowest BCUT2D eigenvalue weighted by Crippen LogP contribution is -2.41. The van der Waals surface area contributed by atoms with Crippen LogP contribution in [0.5, 0.6) is 5.75 Å². The fourth-order valence-corrected chi connectivity index (χ4v) is 6.12. The van der Waals surface area contributed by atoms with Crippen LogP contribution in [0, 0.1) is 13.8 Å². The van der Waals surface area contributed by atoms with Crippen LogP contribution in [-0.4, -0.2) is 79.3 Å². The van der Waals surface area contributed by atoms with Gasteiger partial charge in [-0.2, -0.15) is 0 Å². The topological polar surface area (TPSA) is 100 Å². The number of anilines is 1. The first-order chi connectivity index (χ1) is 17.6. The zero-order valence-corrected chi connectivity index (χ0v) is 23.4. The van der Waals surface area contributed by atoms with Gasteiger partial charge >= 0.3 is 0 Å². The van der Waals surface area contributed by atoms with Gasteiger partial charge in [0.1, 0.15) is 12.4 Å². The lowest BCUT2D eigenvalue weighted by molar-refractivity contribution is -0.125. The summed E-state index contributed by atoms with van der Waals surface area (Å²) in [6, 6.07) is 12.3. The van der Waals surface area contributed by atoms with Crippen molar-refractivity contribution in [2.75, 3.05) is 59.0 Å². The second-order valence-corrected chi connectivity index (χ2v) is 11.4. The molecule has 9 nitrogen and oxygen atoms in total. The van der Waals surface area contributed by atoms with Crippen LogP contribution < -0.4 is 19.7 Å². The van der Waals surface area contributed by atoms with Crippen molar-refractivity contribution in [3.8, 4) is 5.75 Å². The van der Waals surface area contributed by atoms with E-state index in [0.29, 0.717) is 29.5 Å². The average Bonchev–Trinajstić information content (AvgIpc) is 2.87. The van der Waals surface area contributed by atoms with E-state index in [-0.39, 0.29) is 30.6 Å². The number of methoxy groups -OCH3 is 1. The third-order valence-corrected chi connectivity index (χ3v) is 8.46. The Balaban J connectivity index is 1.36. The molecule has 1 aliphatic heterocycles. The first-order valence-electron chi connectivity index (χ1n) is 12.6. The lowest BCUT2D eigenvalue weighted by atomic mass is 10.0. The molecule has 0 saturated carbocycles. The first kappa shape index (κ1) is 28.9. The Bertz CT molecular complexity index is 1120. The standard InChI is InChI=1S/C27H40N4O5S/c1-20-16-25(35-5)17-21(2)27(20)37(33,34)29-12-15-36-19-26(32)28-18-22-6-8-24(9-7-22)31-13-10-23(11-14-31)30(3)4/h6-9,16-17,23,29H,10-15,18-19H2,1-5H3,(H,28,32). The molecule has 2 aromatic rings. The number of nitrogens with one attached hydrogen (secondary N) is 2. The predicted molar refractivity (Wildman–Crippen MR) is 146 cm³/mol. The fraction of sp³-hybridized carbons (Fsp3) is 0.519. The van der Waals surface area contributed by atoms with Crippen LogP contribution in [0.15, 0.2) is 41.3 Å². The fourth-order valence-electron chi connectivity index (χ4n) is 4.65. The molecular weight excluding hydrogens is 492 g/mol. The van der Waals surface area contributed by atoms with Gasteiger partial charge in [-0.15, -0.1) is 0 Å². The number of hydrogen-bond acceptors (Lipinski definition) is 7. The summed E-state index contributed by atoms with van der Waals surface area (Å²) in [7, 11) is 2.12. The normalized spacial score (nSPS) is 14.7. The molecule has 1 aliphatic rings. The van der Waals surface area contributed by atoms with Gasteiger partial charge in [0.2, 0.25) is 15.9 Å². The molecule has 1 fully saturated rings. The molecule has 0 aliphatic carbocycles. The Labute approximate surface area is 221 Å². The van der Waals surface area contributed by atoms with Gasteiger partial charge in [0.25, 0.3) is 0 Å². The minimum atomic E-state index is -3.70. The smallest absolute Gasteiger partial charge is 0.246 e. The summed E-state index contributed by atoms with van der Waals surface area (Å²) in [6.45, 7) is 5.97. The van der Waals surface area contributed by atoms with Crippen molar-refractivity contribution < 1.29 is 22.7 Å². The molecule has 1 saturated heterocycles. The second kappa shape index (κ2) is 13.2. The SMILES string of the molecule is COc1cc(C)c(S(=O)(=O)NCCOCC(=O)NCc2ccc(N3CCC(N(C)C)CC3)cc2)c(C)c1. The molecule has 2 aromatic carbocycles. The van der Waals surface area contributed by atoms with Crippen LogP contribution in [0.2, 0.25) is 0 Å². The Morgan fingerprint density at radius 2 is 1.70 bits per heavy atom. The van der Waals surface area contributed by atoms with E-state index in [1.165, 1.54) is 5.69 Å². The van der Waals surface area contributed by atoms with Crippen molar-refractivity contribution in [3.63, 3.8) is 0 Å². The molecule has 0 radical (unpaired) electrons. The van der Waals surface area contributed by atoms with Gasteiger partial charge in [-0.25, -0.2) is 13.1 Å². The van der Waals surface area contributed by atoms with Crippen molar-refractivity contribution in [1.29, 1.82) is 0 Å². The predicted octanol–water partition coefficient (Wildman–Crippen LogP) is 2.45. The van der Waals surface area contributed by atoms with Gasteiger partial charge in [0.05, 0.1) is 18.6 Å². The van der Waals surface area contributed by atoms with Crippen LogP contribution in [0.4, 0.5) is 5.69 Å². The lowest BCUT2D eigenvalue weighted by Gasteiger charge is -2.36. The monoisotopic (exact) mass is 532 g/mol. The average molecular weight is 533 g/mol. The molecule has 0 spiro atoms. The number of hydrogen-bond donors (Lipinski definition) is 2. The van der Waals surface area contributed by atoms with Crippen molar-refractivity contribution in [2.24, 2.45) is 0 Å². The van der Waals surface area contributed by atoms with Crippen molar-refractivity contribution in [2.45, 2.75) is 44.2 Å². The molecule has 1 heterocycles. The van der Waals surface area contributed by atoms with E-state index in [2.05, 4.69) is 46.1 Å². The van der Waals surface area contributed by atoms with Crippen LogP contribution in [-0.2, 0) is 26.1 Å². The number of benzene rings is 2. The minimum Gasteiger partial charge on any atom is -0.497 e. The van der Waals surface area contributed by atoms with E-state index in [1.54, 1.807) is 33.1 Å². The number of sulfonamides is 1. The molecular formula is C27H40N4O5S. The summed E-state index contributed by atoms with van der Waals surface area (Å²) in [6.07, 6.45) is 2.32. The molecule has 37 heavy (non-hydrogen) atoms. The quantitative estimate of drug-likeness (QED) is 0.405. The number of ether oxygens (including phenoxy) is 2. The van der Waals surface area contributed by atoms with Gasteiger partial charge in [-0.05, 0) is 81.7 Å². The van der Waals surface area contributed by atoms with E-state index in [9.17, 15) is 13.2 Å². The summed E-state index contributed by atoms with van der Waals surface area (Å²) in [5, 5.41) is 2.84. The maximum Gasteiger partial charge on any atom is 0.246 e. The number of amides is 1. The Kier molecular flexibility index (Phi) is 10.3. The van der Waals surface area contributed by atoms with Gasteiger partial charge in [-0.3, -0.25) is 4.79 Å². The number of piperidine rings is 1. The van der Waals surface area contributed by atoms with E-state index in [1.807, 2.05) is 12.1 Å². The van der Waals surface area contributed by atoms with Gasteiger partial charge in [0.15, 0.2) is 0 Å². The van der Waals surface area contributed by atoms with Gasteiger partial charge in [0, 0.05) is 37.9 Å². The highest BCUT2D eigenvalue weighted by Gasteiger charge is 2.21. The molecule has 3 rings (SSSR count). The maximum atomic E-state index is 12.7. The van der Waals surface area contributed by atoms with Gasteiger partial charge < -0.3 is 24.6 Å². The molecule has 0 atom stereocenters. The summed E-state index contributed by atoms with van der Waals surface area (Å²) in [4.78, 5) is 17.1. The van der Waals surface area contributed by atoms with Gasteiger partial charge in [-0.1, -0.05) is 12.1 Å². The third kappa shape index (κ3) is 8.16. The third-order valence-electron chi connectivity index (χ3n) is 6.70. The highest BCUT2D eigenvalue weighted by molar-refractivity contribution is 7.89. The minimum absolute atomic E-state index is 0.0633. The molecule has 10 heteroatoms. The van der Waals surface area contributed by atoms with Crippen LogP contribution in [0.1, 0.15) is 29.5 Å². The summed E-state index contributed by atoms with van der Waals surface area (Å²) in [5.41, 5.74) is 3.43. The largest absolute Gasteiger partial charge is 0.497 e. The highest BCUT2D eigenvalue weighted by atomic mass is 32.2. The van der Waals surface area contributed by atoms with Crippen LogP contribution >= 0.6 is 0 Å². The maximum absolute atomic E-state index is 12.7. The highest BCUT2D eigenvalue weighted by Crippen LogP contribution is 2.25. The number of nitrogens with zero attached hydrogens (tertiary/aromatic N) is 2. The van der Waals surface area contributed by atoms with E-state index in [4.69, 9.17) is 9.47 Å². The second-order valence-electron chi connectivity index (χ2n) is 9.67. The summed E-state index contributed by atoms with van der Waals surface area (Å²) < 4.78 is 38.5. The summed E-state index contributed by atoms with van der Waals surface area (Å²) >= 11 is 0. The number of carbonyl (C=O) groups is 1. The Morgan fingerprint density at radius 1 is 1.08 bits per heavy atom. The Morgan fingerprint density at radius 3 is 2.27 bits per heavy atom. The molecule has 1 amide bonds. The van der Waals surface area contributed by atoms with E-state index < -0.39 is 10.0 Å². The zero-order valence-electron chi connectivity index (χ0n) is 22.5. The van der Waals surface area contributed by atoms with E-state index in [0.717, 1.165) is 31.5 Å². The van der Waals surface area contributed by atoms with Crippen LogP contribution in [0.3, 0.4) is 0 Å². The van der Waals surface area contributed by atoms with E-state index >= 15 is 0 Å². The van der Waals surface area contributed by atoms with Crippen molar-refractivity contribution in [3.05, 3.63) is 53.1 Å². The van der Waals surface area contributed by atoms with Crippen molar-refractivity contribution in [1.82, 2.24) is 14.9 Å².